The van der Waals surface area contributed by atoms with Crippen LogP contribution in [0.3, 0.4) is 0 Å². The van der Waals surface area contributed by atoms with Crippen molar-refractivity contribution in [2.45, 2.75) is 30.7 Å². The third kappa shape index (κ3) is 3.09. The van der Waals surface area contributed by atoms with Crippen molar-refractivity contribution in [2.75, 3.05) is 0 Å². The molecule has 25 heavy (non-hydrogen) atoms. The maximum atomic E-state index is 14.0. The monoisotopic (exact) mass is 352 g/mol. The van der Waals surface area contributed by atoms with Gasteiger partial charge in [-0.1, -0.05) is 59.8 Å². The summed E-state index contributed by atoms with van der Waals surface area (Å²) in [5.74, 6) is 0.406. The Morgan fingerprint density at radius 2 is 1.84 bits per heavy atom. The third-order valence-corrected chi connectivity index (χ3v) is 5.25. The second-order valence-corrected chi connectivity index (χ2v) is 7.40. The zero-order valence-corrected chi connectivity index (χ0v) is 14.8. The lowest BCUT2D eigenvalue weighted by molar-refractivity contribution is 0.608. The van der Waals surface area contributed by atoms with Gasteiger partial charge in [0.15, 0.2) is 5.82 Å². The van der Waals surface area contributed by atoms with Crippen molar-refractivity contribution in [2.24, 2.45) is 5.10 Å². The molecule has 0 aliphatic carbocycles. The molecule has 2 aromatic carbocycles. The van der Waals surface area contributed by atoms with E-state index in [1.165, 1.54) is 11.6 Å². The minimum absolute atomic E-state index is 0.181. The Labute approximate surface area is 149 Å². The highest BCUT2D eigenvalue weighted by Gasteiger charge is 2.25. The number of aromatic nitrogens is 3. The second kappa shape index (κ2) is 6.44. The number of nitrogens with zero attached hydrogens (tertiary/aromatic N) is 4. The summed E-state index contributed by atoms with van der Waals surface area (Å²) in [4.78, 5) is 0. The molecule has 0 bridgehead atoms. The quantitative estimate of drug-likeness (QED) is 0.714. The summed E-state index contributed by atoms with van der Waals surface area (Å²) in [6.07, 6.45) is 0.360. The van der Waals surface area contributed by atoms with Crippen LogP contribution in [0, 0.1) is 12.7 Å². The highest BCUT2D eigenvalue weighted by molar-refractivity contribution is 8.00. The number of fused-ring (bicyclic) bond motifs is 1. The molecule has 4 nitrogen and oxygen atoms in total. The van der Waals surface area contributed by atoms with Gasteiger partial charge < -0.3 is 0 Å². The van der Waals surface area contributed by atoms with E-state index in [4.69, 9.17) is 5.10 Å². The fourth-order valence-corrected chi connectivity index (χ4v) is 3.76. The summed E-state index contributed by atoms with van der Waals surface area (Å²) in [6.45, 7) is 4.17. The van der Waals surface area contributed by atoms with Crippen molar-refractivity contribution in [1.82, 2.24) is 14.9 Å². The molecule has 2 heterocycles. The van der Waals surface area contributed by atoms with E-state index in [9.17, 15) is 4.39 Å². The Bertz CT molecular complexity index is 946. The van der Waals surface area contributed by atoms with E-state index in [2.05, 4.69) is 48.3 Å². The van der Waals surface area contributed by atoms with Gasteiger partial charge >= 0.3 is 0 Å². The van der Waals surface area contributed by atoms with Crippen LogP contribution in [-0.2, 0) is 6.42 Å². The van der Waals surface area contributed by atoms with E-state index < -0.39 is 0 Å². The van der Waals surface area contributed by atoms with E-state index in [0.717, 1.165) is 16.4 Å². The second-order valence-electron chi connectivity index (χ2n) is 6.09. The van der Waals surface area contributed by atoms with E-state index >= 15 is 0 Å². The van der Waals surface area contributed by atoms with Crippen LogP contribution in [-0.4, -0.2) is 25.8 Å². The molecule has 0 radical (unpaired) electrons. The number of hydrogen-bond donors (Lipinski definition) is 0. The molecule has 0 saturated carbocycles. The van der Waals surface area contributed by atoms with Gasteiger partial charge in [0.05, 0.1) is 11.0 Å². The molecule has 1 aliphatic heterocycles. The molecule has 0 spiro atoms. The molecule has 0 amide bonds. The van der Waals surface area contributed by atoms with Crippen LogP contribution >= 0.6 is 11.8 Å². The number of benzene rings is 2. The number of aryl methyl sites for hydroxylation is 1. The molecule has 4 rings (SSSR count). The molecule has 0 unspecified atom stereocenters. The van der Waals surface area contributed by atoms with Gasteiger partial charge in [0, 0.05) is 6.42 Å². The van der Waals surface area contributed by atoms with Crippen LogP contribution in [0.2, 0.25) is 0 Å². The molecular formula is C19H17FN4S. The number of halogens is 1. The number of hydrogen-bond acceptors (Lipinski definition) is 4. The maximum absolute atomic E-state index is 14.0. The summed E-state index contributed by atoms with van der Waals surface area (Å²) < 4.78 is 15.7. The number of rotatable bonds is 3. The topological polar surface area (TPSA) is 43.1 Å². The third-order valence-electron chi connectivity index (χ3n) is 4.21. The van der Waals surface area contributed by atoms with E-state index in [1.807, 2.05) is 6.07 Å². The predicted molar refractivity (Wildman–Crippen MR) is 97.7 cm³/mol. The Morgan fingerprint density at radius 1 is 1.08 bits per heavy atom. The van der Waals surface area contributed by atoms with Crippen molar-refractivity contribution in [1.29, 1.82) is 0 Å². The van der Waals surface area contributed by atoms with Gasteiger partial charge in [0.1, 0.15) is 5.82 Å². The van der Waals surface area contributed by atoms with Crippen LogP contribution in [0.1, 0.15) is 29.4 Å². The van der Waals surface area contributed by atoms with Crippen molar-refractivity contribution in [3.63, 3.8) is 0 Å². The first kappa shape index (κ1) is 16.0. The Morgan fingerprint density at radius 3 is 2.60 bits per heavy atom. The zero-order valence-electron chi connectivity index (χ0n) is 14.0. The summed E-state index contributed by atoms with van der Waals surface area (Å²) in [7, 11) is 0. The number of thioether (sulfide) groups is 1. The van der Waals surface area contributed by atoms with Crippen LogP contribution in [0.4, 0.5) is 4.39 Å². The molecule has 1 aromatic heterocycles. The van der Waals surface area contributed by atoms with E-state index in [0.29, 0.717) is 17.8 Å². The first-order valence-electron chi connectivity index (χ1n) is 8.12. The molecule has 0 fully saturated rings. The molecule has 0 N–H and O–H groups in total. The minimum Gasteiger partial charge on any atom is -0.207 e. The van der Waals surface area contributed by atoms with Crippen LogP contribution in [0.25, 0.3) is 0 Å². The van der Waals surface area contributed by atoms with Gasteiger partial charge in [-0.2, -0.15) is 9.78 Å². The van der Waals surface area contributed by atoms with E-state index in [1.54, 1.807) is 28.6 Å². The van der Waals surface area contributed by atoms with Gasteiger partial charge in [0.2, 0.25) is 5.16 Å². The molecule has 6 heteroatoms. The van der Waals surface area contributed by atoms with Gasteiger partial charge in [-0.05, 0) is 31.0 Å². The predicted octanol–water partition coefficient (Wildman–Crippen LogP) is 4.06. The average molecular weight is 352 g/mol. The lowest BCUT2D eigenvalue weighted by atomic mass is 10.1. The fraction of sp³-hybridized carbons (Fsp3) is 0.211. The van der Waals surface area contributed by atoms with Crippen molar-refractivity contribution >= 4 is 17.5 Å². The minimum atomic E-state index is -0.237. The maximum Gasteiger partial charge on any atom is 0.212 e. The lowest BCUT2D eigenvalue weighted by Crippen LogP contribution is -2.22. The largest absolute Gasteiger partial charge is 0.212 e. The smallest absolute Gasteiger partial charge is 0.207 e. The van der Waals surface area contributed by atoms with Crippen molar-refractivity contribution in [3.05, 3.63) is 76.9 Å². The Balaban J connectivity index is 1.73. The SMILES string of the molecule is Cc1ccc(C2=Nn3c(Cc4ccccc4F)nnc3S[C@H]2C)cc1. The molecule has 126 valence electrons. The van der Waals surface area contributed by atoms with Crippen molar-refractivity contribution < 1.29 is 4.39 Å². The summed E-state index contributed by atoms with van der Waals surface area (Å²) >= 11 is 1.62. The Hall–Kier alpha value is -2.47. The standard InChI is InChI=1S/C19H17FN4S/c1-12-7-9-14(10-8-12)18-13(2)25-19-22-21-17(24(19)23-18)11-15-5-3-4-6-16(15)20/h3-10,13H,11H2,1-2H3/t13-/m0/s1. The molecule has 0 saturated heterocycles. The lowest BCUT2D eigenvalue weighted by Gasteiger charge is -2.20. The van der Waals surface area contributed by atoms with Crippen LogP contribution in [0.5, 0.6) is 0 Å². The molecule has 1 atom stereocenters. The summed E-state index contributed by atoms with van der Waals surface area (Å²) in [5, 5.41) is 14.2. The van der Waals surface area contributed by atoms with Crippen LogP contribution in [0.15, 0.2) is 58.8 Å². The highest BCUT2D eigenvalue weighted by atomic mass is 32.2. The summed E-state index contributed by atoms with van der Waals surface area (Å²) in [5.41, 5.74) is 3.87. The Kier molecular flexibility index (Phi) is 4.13. The van der Waals surface area contributed by atoms with Gasteiger partial charge in [-0.25, -0.2) is 4.39 Å². The average Bonchev–Trinajstić information content (AvgIpc) is 2.99. The van der Waals surface area contributed by atoms with Gasteiger partial charge in [0.25, 0.3) is 0 Å². The zero-order chi connectivity index (χ0) is 17.4. The highest BCUT2D eigenvalue weighted by Crippen LogP contribution is 2.30. The van der Waals surface area contributed by atoms with Gasteiger partial charge in [-0.15, -0.1) is 10.2 Å². The summed E-state index contributed by atoms with van der Waals surface area (Å²) in [6, 6.07) is 15.1. The first-order chi connectivity index (χ1) is 12.1. The molecule has 3 aromatic rings. The van der Waals surface area contributed by atoms with Gasteiger partial charge in [-0.3, -0.25) is 0 Å². The van der Waals surface area contributed by atoms with Crippen LogP contribution < -0.4 is 0 Å². The first-order valence-corrected chi connectivity index (χ1v) is 9.00. The molecule has 1 aliphatic rings. The van der Waals surface area contributed by atoms with Crippen molar-refractivity contribution in [3.8, 4) is 0 Å². The van der Waals surface area contributed by atoms with E-state index in [-0.39, 0.29) is 11.1 Å². The molecular weight excluding hydrogens is 335 g/mol. The normalized spacial score (nSPS) is 16.4. The fourth-order valence-electron chi connectivity index (χ4n) is 2.81.